The molecule has 0 amide bonds. The van der Waals surface area contributed by atoms with E-state index in [0.29, 0.717) is 26.6 Å². The number of aromatic amines is 1. The van der Waals surface area contributed by atoms with Crippen molar-refractivity contribution in [3.8, 4) is 11.1 Å². The van der Waals surface area contributed by atoms with E-state index in [1.165, 1.54) is 18.4 Å². The van der Waals surface area contributed by atoms with Gasteiger partial charge in [0, 0.05) is 10.4 Å². The molecular formula is C23H17ClN2O3S. The number of methoxy groups -OCH3 is 1. The molecule has 4 rings (SSSR count). The summed E-state index contributed by atoms with van der Waals surface area (Å²) in [7, 11) is 1.33. The predicted octanol–water partition coefficient (Wildman–Crippen LogP) is 5.48. The number of hydrogen-bond donors (Lipinski definition) is 1. The number of aryl methyl sites for hydroxylation is 1. The van der Waals surface area contributed by atoms with Crippen LogP contribution in [-0.4, -0.2) is 23.0 Å². The van der Waals surface area contributed by atoms with E-state index in [1.807, 2.05) is 37.3 Å². The Bertz CT molecular complexity index is 1320. The molecular weight excluding hydrogens is 420 g/mol. The maximum atomic E-state index is 12.9. The average molecular weight is 437 g/mol. The van der Waals surface area contributed by atoms with Crippen LogP contribution in [0.1, 0.15) is 26.6 Å². The summed E-state index contributed by atoms with van der Waals surface area (Å²) in [5, 5.41) is 0.867. The summed E-state index contributed by atoms with van der Waals surface area (Å²) in [6.45, 7) is 1.98. The average Bonchev–Trinajstić information content (AvgIpc) is 3.10. The van der Waals surface area contributed by atoms with Gasteiger partial charge in [0.05, 0.1) is 23.1 Å². The zero-order valence-electron chi connectivity index (χ0n) is 16.2. The first kappa shape index (κ1) is 20.1. The second kappa shape index (κ2) is 8.26. The van der Waals surface area contributed by atoms with Crippen LogP contribution in [0.2, 0.25) is 0 Å². The monoisotopic (exact) mass is 436 g/mol. The van der Waals surface area contributed by atoms with Crippen LogP contribution in [0, 0.1) is 6.92 Å². The highest BCUT2D eigenvalue weighted by Crippen LogP contribution is 2.36. The number of ether oxygens (including phenoxy) is 1. The summed E-state index contributed by atoms with van der Waals surface area (Å²) in [6.07, 6.45) is 1.69. The first-order chi connectivity index (χ1) is 14.5. The molecule has 0 atom stereocenters. The molecule has 0 radical (unpaired) electrons. The molecule has 0 unspecified atom stereocenters. The van der Waals surface area contributed by atoms with Crippen molar-refractivity contribution in [2.75, 3.05) is 7.11 Å². The number of halogens is 1. The summed E-state index contributed by atoms with van der Waals surface area (Å²) in [4.78, 5) is 33.5. The minimum atomic E-state index is -0.407. The number of benzene rings is 2. The van der Waals surface area contributed by atoms with Crippen LogP contribution >= 0.6 is 22.9 Å². The number of esters is 1. The van der Waals surface area contributed by atoms with Crippen molar-refractivity contribution in [1.29, 1.82) is 0 Å². The zero-order valence-corrected chi connectivity index (χ0v) is 17.8. The molecule has 0 saturated carbocycles. The molecule has 30 heavy (non-hydrogen) atoms. The van der Waals surface area contributed by atoms with Crippen molar-refractivity contribution in [2.45, 2.75) is 6.92 Å². The molecule has 0 aliphatic rings. The first-order valence-electron chi connectivity index (χ1n) is 9.12. The van der Waals surface area contributed by atoms with Gasteiger partial charge in [0.15, 0.2) is 5.82 Å². The Morgan fingerprint density at radius 2 is 1.83 bits per heavy atom. The van der Waals surface area contributed by atoms with Crippen molar-refractivity contribution in [2.24, 2.45) is 0 Å². The van der Waals surface area contributed by atoms with Gasteiger partial charge in [-0.05, 0) is 36.3 Å². The topological polar surface area (TPSA) is 72.0 Å². The van der Waals surface area contributed by atoms with Crippen LogP contribution in [0.15, 0.2) is 59.4 Å². The van der Waals surface area contributed by atoms with Gasteiger partial charge in [-0.15, -0.1) is 11.3 Å². The lowest BCUT2D eigenvalue weighted by Gasteiger charge is -2.03. The fourth-order valence-electron chi connectivity index (χ4n) is 3.23. The minimum absolute atomic E-state index is 0.231. The molecule has 2 heterocycles. The summed E-state index contributed by atoms with van der Waals surface area (Å²) < 4.78 is 4.70. The molecule has 0 aliphatic carbocycles. The number of thiophene rings is 1. The molecule has 0 spiro atoms. The fraction of sp³-hybridized carbons (Fsp3) is 0.0870. The Balaban J connectivity index is 1.74. The number of hydrogen-bond acceptors (Lipinski definition) is 5. The number of carbonyl (C=O) groups is 1. The van der Waals surface area contributed by atoms with Gasteiger partial charge < -0.3 is 9.72 Å². The van der Waals surface area contributed by atoms with Crippen LogP contribution in [-0.2, 0) is 4.74 Å². The second-order valence-corrected chi connectivity index (χ2v) is 8.21. The van der Waals surface area contributed by atoms with Crippen molar-refractivity contribution in [3.63, 3.8) is 0 Å². The third-order valence-electron chi connectivity index (χ3n) is 4.65. The lowest BCUT2D eigenvalue weighted by atomic mass is 10.0. The van der Waals surface area contributed by atoms with E-state index in [0.717, 1.165) is 21.6 Å². The second-order valence-electron chi connectivity index (χ2n) is 6.60. The molecule has 150 valence electrons. The van der Waals surface area contributed by atoms with Gasteiger partial charge in [-0.3, -0.25) is 4.79 Å². The predicted molar refractivity (Wildman–Crippen MR) is 122 cm³/mol. The minimum Gasteiger partial charge on any atom is -0.465 e. The van der Waals surface area contributed by atoms with Crippen LogP contribution in [0.25, 0.3) is 32.5 Å². The summed E-state index contributed by atoms with van der Waals surface area (Å²) in [5.41, 5.74) is 2.86. The largest absolute Gasteiger partial charge is 0.465 e. The van der Waals surface area contributed by atoms with Crippen LogP contribution in [0.5, 0.6) is 0 Å². The van der Waals surface area contributed by atoms with Crippen molar-refractivity contribution >= 4 is 50.2 Å². The Labute approximate surface area is 181 Å². The Kier molecular flexibility index (Phi) is 5.53. The van der Waals surface area contributed by atoms with Gasteiger partial charge in [-0.2, -0.15) is 0 Å². The molecule has 0 aliphatic heterocycles. The van der Waals surface area contributed by atoms with E-state index < -0.39 is 5.97 Å². The standard InChI is InChI=1S/C23H17ClN2O3S/c1-13-18(15-6-4-3-5-7-15)19-21(27)25-20(26-22(19)30-13)17(24)12-14-8-10-16(11-9-14)23(28)29-2/h3-12H,1-2H3,(H,25,26,27). The van der Waals surface area contributed by atoms with Crippen molar-refractivity contribution < 1.29 is 9.53 Å². The highest BCUT2D eigenvalue weighted by Gasteiger charge is 2.17. The normalized spacial score (nSPS) is 11.6. The van der Waals surface area contributed by atoms with Gasteiger partial charge in [0.25, 0.3) is 5.56 Å². The molecule has 2 aromatic heterocycles. The van der Waals surface area contributed by atoms with E-state index in [9.17, 15) is 9.59 Å². The van der Waals surface area contributed by atoms with Gasteiger partial charge in [-0.1, -0.05) is 54.1 Å². The molecule has 0 fully saturated rings. The van der Waals surface area contributed by atoms with Gasteiger partial charge in [-0.25, -0.2) is 9.78 Å². The first-order valence-corrected chi connectivity index (χ1v) is 10.3. The van der Waals surface area contributed by atoms with Gasteiger partial charge in [0.1, 0.15) is 4.83 Å². The highest BCUT2D eigenvalue weighted by atomic mass is 35.5. The lowest BCUT2D eigenvalue weighted by Crippen LogP contribution is -2.10. The van der Waals surface area contributed by atoms with E-state index in [-0.39, 0.29) is 5.56 Å². The van der Waals surface area contributed by atoms with Crippen LogP contribution in [0.4, 0.5) is 0 Å². The number of nitrogens with zero attached hydrogens (tertiary/aromatic N) is 1. The lowest BCUT2D eigenvalue weighted by molar-refractivity contribution is 0.0600. The third kappa shape index (κ3) is 3.79. The number of H-pyrrole nitrogens is 1. The maximum Gasteiger partial charge on any atom is 0.337 e. The quantitative estimate of drug-likeness (QED) is 0.430. The van der Waals surface area contributed by atoms with Crippen LogP contribution < -0.4 is 5.56 Å². The van der Waals surface area contributed by atoms with E-state index >= 15 is 0 Å². The van der Waals surface area contributed by atoms with Crippen molar-refractivity contribution in [3.05, 3.63) is 86.8 Å². The van der Waals surface area contributed by atoms with Gasteiger partial charge in [0.2, 0.25) is 0 Å². The smallest absolute Gasteiger partial charge is 0.337 e. The Morgan fingerprint density at radius 1 is 1.13 bits per heavy atom. The molecule has 4 aromatic rings. The molecule has 0 bridgehead atoms. The Hall–Kier alpha value is -3.22. The van der Waals surface area contributed by atoms with E-state index in [1.54, 1.807) is 30.3 Å². The molecule has 1 N–H and O–H groups in total. The van der Waals surface area contributed by atoms with Gasteiger partial charge >= 0.3 is 5.97 Å². The maximum absolute atomic E-state index is 12.9. The summed E-state index contributed by atoms with van der Waals surface area (Å²) in [5.74, 6) is -0.109. The molecule has 7 heteroatoms. The van der Waals surface area contributed by atoms with Crippen LogP contribution in [0.3, 0.4) is 0 Å². The number of nitrogens with one attached hydrogen (secondary N) is 1. The summed E-state index contributed by atoms with van der Waals surface area (Å²) in [6, 6.07) is 16.6. The zero-order chi connectivity index (χ0) is 21.3. The van der Waals surface area contributed by atoms with E-state index in [4.69, 9.17) is 16.3 Å². The SMILES string of the molecule is COC(=O)c1ccc(C=C(Cl)c2nc3sc(C)c(-c4ccccc4)c3c(=O)[nH]2)cc1. The highest BCUT2D eigenvalue weighted by molar-refractivity contribution is 7.19. The fourth-order valence-corrected chi connectivity index (χ4v) is 4.49. The summed E-state index contributed by atoms with van der Waals surface area (Å²) >= 11 is 7.91. The Morgan fingerprint density at radius 3 is 2.50 bits per heavy atom. The molecule has 5 nitrogen and oxygen atoms in total. The molecule has 0 saturated heterocycles. The number of aromatic nitrogens is 2. The third-order valence-corrected chi connectivity index (χ3v) is 5.94. The molecule has 2 aromatic carbocycles. The van der Waals surface area contributed by atoms with Crippen molar-refractivity contribution in [1.82, 2.24) is 9.97 Å². The van der Waals surface area contributed by atoms with E-state index in [2.05, 4.69) is 9.97 Å². The number of rotatable bonds is 4. The number of carbonyl (C=O) groups excluding carboxylic acids is 1. The number of fused-ring (bicyclic) bond motifs is 1.